The minimum atomic E-state index is -0.0949. The largest absolute Gasteiger partial charge is 0.302 e. The summed E-state index contributed by atoms with van der Waals surface area (Å²) in [5, 5.41) is 0. The Hall–Kier alpha value is -4.72. The predicted molar refractivity (Wildman–Crippen MR) is 408 cm³/mol. The first-order chi connectivity index (χ1) is 40.7. The fourth-order valence-corrected chi connectivity index (χ4v) is 13.0. The summed E-state index contributed by atoms with van der Waals surface area (Å²) in [6.07, 6.45) is 2.81. The van der Waals surface area contributed by atoms with Crippen LogP contribution in [0.1, 0.15) is 333 Å². The highest BCUT2D eigenvalue weighted by Gasteiger charge is 2.33. The van der Waals surface area contributed by atoms with E-state index in [0.29, 0.717) is 0 Å². The lowest BCUT2D eigenvalue weighted by Gasteiger charge is -2.34. The first-order valence-corrected chi connectivity index (χ1v) is 35.4. The molecule has 6 aromatic carbocycles. The molecule has 0 aliphatic heterocycles. The molecule has 0 amide bonds. The quantitative estimate of drug-likeness (QED) is 0.118. The number of hydrogen-bond acceptors (Lipinski definition) is 1. The van der Waals surface area contributed by atoms with Crippen LogP contribution in [0.2, 0.25) is 0 Å². The SMILES string of the molecule is CC(C)(C)c1cc(-c2cc(C(C)(C)C)cc(C(C)(C)C)c2CCN(CCc2c(-c3cc(C(C)(C)C)cc(C(C)(C)C)c3)cc(C(C)(C)C)cc2C(C)(C)C)CCc2c(-c3cc(C(C)(C)C)cc(C(C)(C)C)c3)cc(C(C)(C)C)cc2C(C)(C)C)cc(C(C)(C)C)c1. The number of hydrogen-bond donors (Lipinski definition) is 0. The van der Waals surface area contributed by atoms with Gasteiger partial charge in [0, 0.05) is 19.6 Å². The Balaban J connectivity index is 1.73. The molecule has 0 aliphatic carbocycles. The Bertz CT molecular complexity index is 3070. The average Bonchev–Trinajstić information content (AvgIpc) is 0.784. The topological polar surface area (TPSA) is 3.24 Å². The second kappa shape index (κ2) is 25.4. The van der Waals surface area contributed by atoms with Crippen molar-refractivity contribution in [2.45, 2.75) is 333 Å². The summed E-state index contributed by atoms with van der Waals surface area (Å²) in [4.78, 5) is 2.92. The van der Waals surface area contributed by atoms with E-state index in [-0.39, 0.29) is 65.0 Å². The van der Waals surface area contributed by atoms with Crippen molar-refractivity contribution in [2.75, 3.05) is 19.6 Å². The van der Waals surface area contributed by atoms with Crippen molar-refractivity contribution < 1.29 is 0 Å². The van der Waals surface area contributed by atoms with Gasteiger partial charge in [-0.25, -0.2) is 0 Å². The zero-order valence-electron chi connectivity index (χ0n) is 65.9. The van der Waals surface area contributed by atoms with Crippen LogP contribution >= 0.6 is 0 Å². The van der Waals surface area contributed by atoms with Crippen molar-refractivity contribution in [1.29, 1.82) is 0 Å². The summed E-state index contributed by atoms with van der Waals surface area (Å²) in [6.45, 7) is 89.5. The van der Waals surface area contributed by atoms with Crippen LogP contribution in [0.4, 0.5) is 0 Å². The molecule has 0 aliphatic rings. The zero-order chi connectivity index (χ0) is 69.6. The zero-order valence-corrected chi connectivity index (χ0v) is 65.9. The van der Waals surface area contributed by atoms with Gasteiger partial charge in [0.05, 0.1) is 0 Å². The highest BCUT2D eigenvalue weighted by atomic mass is 15.1. The predicted octanol–water partition coefficient (Wildman–Crippen LogP) is 25.6. The van der Waals surface area contributed by atoms with E-state index in [1.165, 1.54) is 117 Å². The van der Waals surface area contributed by atoms with Crippen LogP contribution in [-0.2, 0) is 84.2 Å². The van der Waals surface area contributed by atoms with Crippen molar-refractivity contribution in [3.8, 4) is 33.4 Å². The van der Waals surface area contributed by atoms with Gasteiger partial charge in [-0.05, 0) is 201 Å². The lowest BCUT2D eigenvalue weighted by atomic mass is 9.73. The molecule has 500 valence electrons. The van der Waals surface area contributed by atoms with Gasteiger partial charge in [0.25, 0.3) is 0 Å². The lowest BCUT2D eigenvalue weighted by molar-refractivity contribution is 0.282. The van der Waals surface area contributed by atoms with Gasteiger partial charge in [-0.15, -0.1) is 0 Å². The summed E-state index contributed by atoms with van der Waals surface area (Å²) in [6, 6.07) is 38.4. The third-order valence-electron chi connectivity index (χ3n) is 19.7. The Labute approximate surface area is 562 Å². The highest BCUT2D eigenvalue weighted by molar-refractivity contribution is 5.76. The first-order valence-electron chi connectivity index (χ1n) is 35.4. The summed E-state index contributed by atoms with van der Waals surface area (Å²) in [5.74, 6) is 0. The molecule has 0 fully saturated rings. The van der Waals surface area contributed by atoms with Gasteiger partial charge in [0.1, 0.15) is 0 Å². The van der Waals surface area contributed by atoms with Crippen LogP contribution in [0.25, 0.3) is 33.4 Å². The van der Waals surface area contributed by atoms with Gasteiger partial charge in [0.2, 0.25) is 0 Å². The van der Waals surface area contributed by atoms with Gasteiger partial charge in [0.15, 0.2) is 0 Å². The van der Waals surface area contributed by atoms with Crippen molar-refractivity contribution >= 4 is 0 Å². The standard InChI is InChI=1S/C90H135N/c1-79(2,3)61-43-58(44-62(49-61)80(4,5)6)73-52-67(85(19,20)21)55-76(88(28,29)30)70(73)37-40-91(41-38-71-74(53-68(86(22,23)24)56-77(71)89(31,32)33)59-45-63(81(7,8)9)50-64(46-59)82(10,11)12)42-39-72-75(54-69(87(25,26)27)57-78(72)90(34,35)36)60-47-65(83(13,14)15)51-66(48-60)84(16,17)18/h43-57H,37-42H2,1-36H3. The molecule has 1 heteroatoms. The first kappa shape index (κ1) is 75.3. The van der Waals surface area contributed by atoms with E-state index < -0.39 is 0 Å². The number of rotatable bonds is 12. The maximum Gasteiger partial charge on any atom is 0.00224 e. The molecule has 1 nitrogen and oxygen atoms in total. The summed E-state index contributed by atoms with van der Waals surface area (Å²) in [5.41, 5.74) is 29.3. The van der Waals surface area contributed by atoms with Crippen LogP contribution in [0.5, 0.6) is 0 Å². The maximum absolute atomic E-state index is 2.92. The summed E-state index contributed by atoms with van der Waals surface area (Å²) >= 11 is 0. The van der Waals surface area contributed by atoms with Crippen LogP contribution in [0, 0.1) is 0 Å². The van der Waals surface area contributed by atoms with Crippen molar-refractivity contribution in [1.82, 2.24) is 4.90 Å². The molecule has 0 radical (unpaired) electrons. The summed E-state index contributed by atoms with van der Waals surface area (Å²) in [7, 11) is 0. The van der Waals surface area contributed by atoms with Gasteiger partial charge in [-0.1, -0.05) is 340 Å². The molecule has 0 saturated carbocycles. The van der Waals surface area contributed by atoms with E-state index >= 15 is 0 Å². The van der Waals surface area contributed by atoms with E-state index in [1.807, 2.05) is 0 Å². The Morgan fingerprint density at radius 2 is 0.341 bits per heavy atom. The molecule has 0 unspecified atom stereocenters. The van der Waals surface area contributed by atoms with E-state index in [4.69, 9.17) is 0 Å². The van der Waals surface area contributed by atoms with Crippen molar-refractivity contribution in [2.24, 2.45) is 0 Å². The normalized spacial score (nSPS) is 14.1. The van der Waals surface area contributed by atoms with Gasteiger partial charge in [-0.3, -0.25) is 0 Å². The highest BCUT2D eigenvalue weighted by Crippen LogP contribution is 2.46. The summed E-state index contributed by atoms with van der Waals surface area (Å²) < 4.78 is 0. The number of nitrogens with zero attached hydrogens (tertiary/aromatic N) is 1. The smallest absolute Gasteiger partial charge is 0.00224 e. The fraction of sp³-hybridized carbons (Fsp3) is 0.600. The van der Waals surface area contributed by atoms with E-state index in [2.05, 4.69) is 345 Å². The van der Waals surface area contributed by atoms with E-state index in [1.54, 1.807) is 0 Å². The molecule has 0 saturated heterocycles. The van der Waals surface area contributed by atoms with Crippen molar-refractivity contribution in [3.05, 3.63) is 174 Å². The van der Waals surface area contributed by atoms with Crippen LogP contribution in [0.3, 0.4) is 0 Å². The third-order valence-corrected chi connectivity index (χ3v) is 19.7. The molecule has 6 aromatic rings. The van der Waals surface area contributed by atoms with Crippen LogP contribution in [0.15, 0.2) is 91.0 Å². The molecule has 6 rings (SSSR count). The molecule has 0 bridgehead atoms. The minimum Gasteiger partial charge on any atom is -0.302 e. The Morgan fingerprint density at radius 3 is 0.484 bits per heavy atom. The molecular weight excluding hydrogens is 1090 g/mol. The molecule has 0 heterocycles. The lowest BCUT2D eigenvalue weighted by Crippen LogP contribution is -2.33. The minimum absolute atomic E-state index is 0.0160. The fourth-order valence-electron chi connectivity index (χ4n) is 13.0. The van der Waals surface area contributed by atoms with Crippen molar-refractivity contribution in [3.63, 3.8) is 0 Å². The molecule has 0 aromatic heterocycles. The average molecular weight is 1230 g/mol. The van der Waals surface area contributed by atoms with Gasteiger partial charge >= 0.3 is 0 Å². The van der Waals surface area contributed by atoms with Crippen LogP contribution < -0.4 is 0 Å². The van der Waals surface area contributed by atoms with E-state index in [0.717, 1.165) is 38.9 Å². The second-order valence-corrected chi connectivity index (χ2v) is 40.6. The van der Waals surface area contributed by atoms with Gasteiger partial charge < -0.3 is 4.90 Å². The monoisotopic (exact) mass is 1230 g/mol. The third kappa shape index (κ3) is 18.6. The molecule has 0 atom stereocenters. The maximum atomic E-state index is 2.92. The van der Waals surface area contributed by atoms with Gasteiger partial charge in [-0.2, -0.15) is 0 Å². The molecular formula is C90H135N. The Morgan fingerprint density at radius 1 is 0.187 bits per heavy atom. The van der Waals surface area contributed by atoms with Crippen LogP contribution in [-0.4, -0.2) is 24.5 Å². The second-order valence-electron chi connectivity index (χ2n) is 40.6. The molecule has 0 spiro atoms. The molecule has 0 N–H and O–H groups in total. The van der Waals surface area contributed by atoms with E-state index in [9.17, 15) is 0 Å². The number of benzene rings is 6. The Kier molecular flexibility index (Phi) is 21.1. The molecule has 91 heavy (non-hydrogen) atoms.